The molecule has 0 aromatic rings. The van der Waals surface area contributed by atoms with Crippen molar-refractivity contribution < 1.29 is 14.6 Å². The molecule has 5 nitrogen and oxygen atoms in total. The van der Waals surface area contributed by atoms with Crippen LogP contribution < -0.4 is 10.6 Å². The van der Waals surface area contributed by atoms with Crippen LogP contribution >= 0.6 is 0 Å². The van der Waals surface area contributed by atoms with Gasteiger partial charge in [-0.1, -0.05) is 13.8 Å². The van der Waals surface area contributed by atoms with Crippen LogP contribution in [0.1, 0.15) is 33.1 Å². The van der Waals surface area contributed by atoms with Crippen molar-refractivity contribution in [1.82, 2.24) is 10.6 Å². The van der Waals surface area contributed by atoms with Gasteiger partial charge in [0.15, 0.2) is 0 Å². The first-order valence-corrected chi connectivity index (χ1v) is 7.11. The molecule has 1 amide bonds. The van der Waals surface area contributed by atoms with Gasteiger partial charge >= 0.3 is 0 Å². The largest absolute Gasteiger partial charge is 0.392 e. The van der Waals surface area contributed by atoms with E-state index in [1.54, 1.807) is 7.11 Å². The summed E-state index contributed by atoms with van der Waals surface area (Å²) < 4.78 is 5.27. The number of carbonyl (C=O) groups excluding carboxylic acids is 1. The molecule has 0 spiro atoms. The van der Waals surface area contributed by atoms with Crippen LogP contribution in [-0.4, -0.2) is 50.0 Å². The fourth-order valence-corrected chi connectivity index (χ4v) is 3.08. The molecule has 110 valence electrons. The summed E-state index contributed by atoms with van der Waals surface area (Å²) in [6.07, 6.45) is 1.95. The summed E-state index contributed by atoms with van der Waals surface area (Å²) in [7, 11) is 1.65. The number of nitrogens with one attached hydrogen (secondary N) is 2. The number of rotatable bonds is 4. The number of aliphatic hydroxyl groups excluding tert-OH is 1. The van der Waals surface area contributed by atoms with E-state index < -0.39 is 5.41 Å². The zero-order chi connectivity index (χ0) is 14.1. The lowest BCUT2D eigenvalue weighted by Crippen LogP contribution is -2.64. The smallest absolute Gasteiger partial charge is 0.228 e. The van der Waals surface area contributed by atoms with E-state index in [9.17, 15) is 9.90 Å². The van der Waals surface area contributed by atoms with Gasteiger partial charge in [-0.05, 0) is 32.4 Å². The average Bonchev–Trinajstić information content (AvgIpc) is 2.39. The third-order valence-corrected chi connectivity index (χ3v) is 4.98. The Bertz CT molecular complexity index is 332. The van der Waals surface area contributed by atoms with Crippen molar-refractivity contribution >= 4 is 5.91 Å². The number of hydrogen-bond acceptors (Lipinski definition) is 4. The monoisotopic (exact) mass is 270 g/mol. The van der Waals surface area contributed by atoms with Gasteiger partial charge < -0.3 is 20.5 Å². The Morgan fingerprint density at radius 3 is 2.53 bits per heavy atom. The summed E-state index contributed by atoms with van der Waals surface area (Å²) in [5.74, 6) is 0.0841. The molecule has 0 aromatic carbocycles. The van der Waals surface area contributed by atoms with Crippen LogP contribution in [0.2, 0.25) is 0 Å². The van der Waals surface area contributed by atoms with Gasteiger partial charge in [0.1, 0.15) is 0 Å². The molecule has 1 saturated heterocycles. The van der Waals surface area contributed by atoms with Crippen molar-refractivity contribution in [2.75, 3.05) is 26.8 Å². The first-order valence-electron chi connectivity index (χ1n) is 7.11. The van der Waals surface area contributed by atoms with Gasteiger partial charge in [0.05, 0.1) is 18.1 Å². The second-order valence-corrected chi connectivity index (χ2v) is 6.56. The number of ether oxygens (including phenoxy) is 1. The highest BCUT2D eigenvalue weighted by molar-refractivity contribution is 5.83. The van der Waals surface area contributed by atoms with Crippen molar-refractivity contribution in [2.45, 2.75) is 45.3 Å². The first-order chi connectivity index (χ1) is 8.92. The maximum Gasteiger partial charge on any atom is 0.228 e. The van der Waals surface area contributed by atoms with E-state index in [0.29, 0.717) is 13.0 Å². The Labute approximate surface area is 115 Å². The first kappa shape index (κ1) is 14.8. The average molecular weight is 270 g/mol. The number of piperidine rings is 1. The van der Waals surface area contributed by atoms with Crippen molar-refractivity contribution in [3.05, 3.63) is 0 Å². The molecule has 2 fully saturated rings. The number of methoxy groups -OCH3 is 1. The lowest BCUT2D eigenvalue weighted by Gasteiger charge is -2.50. The van der Waals surface area contributed by atoms with Crippen LogP contribution in [0.25, 0.3) is 0 Å². The Morgan fingerprint density at radius 2 is 2.05 bits per heavy atom. The van der Waals surface area contributed by atoms with Gasteiger partial charge in [-0.3, -0.25) is 4.79 Å². The van der Waals surface area contributed by atoms with Crippen LogP contribution in [0.3, 0.4) is 0 Å². The normalized spacial score (nSPS) is 32.4. The van der Waals surface area contributed by atoms with Crippen LogP contribution in [0.5, 0.6) is 0 Å². The molecule has 2 aliphatic rings. The van der Waals surface area contributed by atoms with Gasteiger partial charge in [0.25, 0.3) is 0 Å². The lowest BCUT2D eigenvalue weighted by atomic mass is 9.64. The molecule has 0 radical (unpaired) electrons. The van der Waals surface area contributed by atoms with Gasteiger partial charge in [-0.2, -0.15) is 0 Å². The second-order valence-electron chi connectivity index (χ2n) is 6.56. The Balaban J connectivity index is 2.00. The molecule has 5 heteroatoms. The van der Waals surface area contributed by atoms with Crippen LogP contribution in [0.15, 0.2) is 0 Å². The van der Waals surface area contributed by atoms with E-state index in [1.165, 1.54) is 0 Å². The SMILES string of the molecule is COCC1(C(=O)NC2CC(O)C2(C)C)CCNCC1. The van der Waals surface area contributed by atoms with E-state index >= 15 is 0 Å². The maximum absolute atomic E-state index is 12.6. The van der Waals surface area contributed by atoms with E-state index in [0.717, 1.165) is 25.9 Å². The maximum atomic E-state index is 12.6. The quantitative estimate of drug-likeness (QED) is 0.686. The summed E-state index contributed by atoms with van der Waals surface area (Å²) in [5, 5.41) is 16.2. The zero-order valence-electron chi connectivity index (χ0n) is 12.2. The lowest BCUT2D eigenvalue weighted by molar-refractivity contribution is -0.143. The number of carbonyl (C=O) groups is 1. The standard InChI is InChI=1S/C14H26N2O3/c1-13(2)10(8-11(13)17)16-12(18)14(9-19-3)4-6-15-7-5-14/h10-11,15,17H,4-9H2,1-3H3,(H,16,18). The fraction of sp³-hybridized carbons (Fsp3) is 0.929. The van der Waals surface area contributed by atoms with Gasteiger partial charge in [0.2, 0.25) is 5.91 Å². The molecular weight excluding hydrogens is 244 g/mol. The Kier molecular flexibility index (Phi) is 4.18. The van der Waals surface area contributed by atoms with Crippen LogP contribution in [0, 0.1) is 10.8 Å². The van der Waals surface area contributed by atoms with Gasteiger partial charge in [-0.15, -0.1) is 0 Å². The molecule has 1 aliphatic carbocycles. The summed E-state index contributed by atoms with van der Waals surface area (Å²) in [4.78, 5) is 12.6. The molecule has 2 unspecified atom stereocenters. The Morgan fingerprint density at radius 1 is 1.42 bits per heavy atom. The second kappa shape index (κ2) is 5.38. The van der Waals surface area contributed by atoms with Crippen molar-refractivity contribution in [3.8, 4) is 0 Å². The minimum absolute atomic E-state index is 0.0682. The van der Waals surface area contributed by atoms with E-state index in [2.05, 4.69) is 10.6 Å². The molecule has 1 saturated carbocycles. The third-order valence-electron chi connectivity index (χ3n) is 4.98. The number of aliphatic hydroxyl groups is 1. The Hall–Kier alpha value is -0.650. The molecule has 2 rings (SSSR count). The molecule has 0 aromatic heterocycles. The summed E-state index contributed by atoms with van der Waals surface area (Å²) in [6.45, 7) is 6.17. The highest BCUT2D eigenvalue weighted by Crippen LogP contribution is 2.41. The van der Waals surface area contributed by atoms with Crippen LogP contribution in [-0.2, 0) is 9.53 Å². The van der Waals surface area contributed by atoms with Gasteiger partial charge in [0, 0.05) is 18.6 Å². The van der Waals surface area contributed by atoms with E-state index in [4.69, 9.17) is 4.74 Å². The third kappa shape index (κ3) is 2.64. The minimum Gasteiger partial charge on any atom is -0.392 e. The molecule has 2 atom stereocenters. The molecule has 3 N–H and O–H groups in total. The van der Waals surface area contributed by atoms with Crippen molar-refractivity contribution in [2.24, 2.45) is 10.8 Å². The minimum atomic E-state index is -0.406. The number of hydrogen-bond donors (Lipinski definition) is 3. The van der Waals surface area contributed by atoms with Crippen molar-refractivity contribution in [3.63, 3.8) is 0 Å². The molecular formula is C14H26N2O3. The van der Waals surface area contributed by atoms with Crippen molar-refractivity contribution in [1.29, 1.82) is 0 Å². The molecule has 1 aliphatic heterocycles. The summed E-state index contributed by atoms with van der Waals surface area (Å²) in [5.41, 5.74) is -0.631. The highest BCUT2D eigenvalue weighted by atomic mass is 16.5. The predicted molar refractivity (Wildman–Crippen MR) is 72.7 cm³/mol. The van der Waals surface area contributed by atoms with E-state index in [1.807, 2.05) is 13.8 Å². The molecule has 19 heavy (non-hydrogen) atoms. The predicted octanol–water partition coefficient (Wildman–Crippen LogP) is 0.278. The van der Waals surface area contributed by atoms with Crippen LogP contribution in [0.4, 0.5) is 0 Å². The summed E-state index contributed by atoms with van der Waals surface area (Å²) >= 11 is 0. The zero-order valence-corrected chi connectivity index (χ0v) is 12.2. The molecule has 0 bridgehead atoms. The summed E-state index contributed by atoms with van der Waals surface area (Å²) in [6, 6.07) is 0.0682. The highest BCUT2D eigenvalue weighted by Gasteiger charge is 2.50. The van der Waals surface area contributed by atoms with E-state index in [-0.39, 0.29) is 23.5 Å². The fourth-order valence-electron chi connectivity index (χ4n) is 3.08. The van der Waals surface area contributed by atoms with Gasteiger partial charge in [-0.25, -0.2) is 0 Å². The number of amides is 1. The topological polar surface area (TPSA) is 70.6 Å². The molecule has 1 heterocycles.